The molecule has 2 rings (SSSR count). The first-order valence-corrected chi connectivity index (χ1v) is 4.94. The first kappa shape index (κ1) is 9.96. The van der Waals surface area contributed by atoms with Gasteiger partial charge in [0.15, 0.2) is 0 Å². The Balaban J connectivity index is 2.23. The van der Waals surface area contributed by atoms with Gasteiger partial charge in [-0.15, -0.1) is 0 Å². The smallest absolute Gasteiger partial charge is 0.251 e. The van der Waals surface area contributed by atoms with Crippen LogP contribution < -0.4 is 11.1 Å². The van der Waals surface area contributed by atoms with Crippen LogP contribution in [0.25, 0.3) is 0 Å². The van der Waals surface area contributed by atoms with Gasteiger partial charge in [0.25, 0.3) is 5.91 Å². The van der Waals surface area contributed by atoms with Crippen LogP contribution in [0.2, 0.25) is 0 Å². The third-order valence-corrected chi connectivity index (χ3v) is 2.56. The van der Waals surface area contributed by atoms with Gasteiger partial charge in [-0.3, -0.25) is 4.79 Å². The number of anilines is 1. The van der Waals surface area contributed by atoms with Gasteiger partial charge in [0, 0.05) is 22.9 Å². The molecule has 3 nitrogen and oxygen atoms in total. The highest BCUT2D eigenvalue weighted by Crippen LogP contribution is 2.21. The summed E-state index contributed by atoms with van der Waals surface area (Å²) in [6.07, 6.45) is 2.02. The molecule has 0 heterocycles. The van der Waals surface area contributed by atoms with E-state index in [0.29, 0.717) is 16.8 Å². The highest BCUT2D eigenvalue weighted by Gasteiger charge is 2.24. The summed E-state index contributed by atoms with van der Waals surface area (Å²) < 4.78 is 13.3. The van der Waals surface area contributed by atoms with Gasteiger partial charge in [0.1, 0.15) is 5.82 Å². The predicted molar refractivity (Wildman–Crippen MR) is 56.0 cm³/mol. The molecular formula is C11H13FN2O. The van der Waals surface area contributed by atoms with Crippen molar-refractivity contribution >= 4 is 11.6 Å². The number of nitrogen functional groups attached to an aromatic ring is 1. The Morgan fingerprint density at radius 2 is 2.20 bits per heavy atom. The Labute approximate surface area is 87.5 Å². The molecule has 15 heavy (non-hydrogen) atoms. The maximum atomic E-state index is 13.3. The number of benzene rings is 1. The molecule has 0 atom stereocenters. The number of rotatable bonds is 2. The fraction of sp³-hybridized carbons (Fsp3) is 0.364. The number of amides is 1. The molecule has 1 saturated carbocycles. The van der Waals surface area contributed by atoms with Crippen LogP contribution in [0.15, 0.2) is 12.1 Å². The second-order valence-electron chi connectivity index (χ2n) is 3.92. The Hall–Kier alpha value is -1.58. The quantitative estimate of drug-likeness (QED) is 0.725. The zero-order chi connectivity index (χ0) is 11.0. The van der Waals surface area contributed by atoms with E-state index in [-0.39, 0.29) is 11.9 Å². The second kappa shape index (κ2) is 3.53. The second-order valence-corrected chi connectivity index (χ2v) is 3.92. The lowest BCUT2D eigenvalue weighted by Gasteiger charge is -2.07. The lowest BCUT2D eigenvalue weighted by atomic mass is 10.1. The molecule has 0 radical (unpaired) electrons. The van der Waals surface area contributed by atoms with E-state index in [1.807, 2.05) is 0 Å². The Morgan fingerprint density at radius 3 is 2.73 bits per heavy atom. The van der Waals surface area contributed by atoms with E-state index in [2.05, 4.69) is 5.32 Å². The number of carbonyl (C=O) groups is 1. The first-order valence-electron chi connectivity index (χ1n) is 4.94. The number of halogens is 1. The van der Waals surface area contributed by atoms with Crippen molar-refractivity contribution in [1.82, 2.24) is 5.32 Å². The van der Waals surface area contributed by atoms with Gasteiger partial charge in [0.2, 0.25) is 0 Å². The molecule has 1 amide bonds. The highest BCUT2D eigenvalue weighted by atomic mass is 19.1. The van der Waals surface area contributed by atoms with E-state index in [0.717, 1.165) is 12.8 Å². The maximum absolute atomic E-state index is 13.3. The van der Waals surface area contributed by atoms with Crippen LogP contribution in [-0.2, 0) is 0 Å². The molecule has 1 aromatic rings. The number of nitrogens with two attached hydrogens (primary N) is 1. The number of carbonyl (C=O) groups excluding carboxylic acids is 1. The van der Waals surface area contributed by atoms with Crippen molar-refractivity contribution in [2.24, 2.45) is 0 Å². The third kappa shape index (κ3) is 2.09. The maximum Gasteiger partial charge on any atom is 0.251 e. The summed E-state index contributed by atoms with van der Waals surface area (Å²) in [4.78, 5) is 11.6. The van der Waals surface area contributed by atoms with Crippen LogP contribution >= 0.6 is 0 Å². The summed E-state index contributed by atoms with van der Waals surface area (Å²) in [5.74, 6) is -0.681. The largest absolute Gasteiger partial charge is 0.398 e. The Bertz CT molecular complexity index is 390. The van der Waals surface area contributed by atoms with Crippen LogP contribution in [0, 0.1) is 12.7 Å². The van der Waals surface area contributed by atoms with Crippen molar-refractivity contribution in [2.75, 3.05) is 5.73 Å². The molecule has 3 N–H and O–H groups in total. The van der Waals surface area contributed by atoms with Gasteiger partial charge in [-0.1, -0.05) is 0 Å². The molecule has 1 fully saturated rings. The van der Waals surface area contributed by atoms with E-state index < -0.39 is 5.82 Å². The van der Waals surface area contributed by atoms with Gasteiger partial charge < -0.3 is 11.1 Å². The summed E-state index contributed by atoms with van der Waals surface area (Å²) in [5.41, 5.74) is 6.58. The molecule has 0 saturated heterocycles. The lowest BCUT2D eigenvalue weighted by Crippen LogP contribution is -2.25. The summed E-state index contributed by atoms with van der Waals surface area (Å²) in [6.45, 7) is 1.59. The monoisotopic (exact) mass is 208 g/mol. The number of hydrogen-bond acceptors (Lipinski definition) is 2. The number of nitrogens with one attached hydrogen (secondary N) is 1. The lowest BCUT2D eigenvalue weighted by molar-refractivity contribution is 0.0950. The molecule has 1 aliphatic rings. The van der Waals surface area contributed by atoms with Crippen molar-refractivity contribution < 1.29 is 9.18 Å². The fourth-order valence-electron chi connectivity index (χ4n) is 1.33. The van der Waals surface area contributed by atoms with E-state index in [1.165, 1.54) is 12.1 Å². The van der Waals surface area contributed by atoms with Crippen LogP contribution in [0.5, 0.6) is 0 Å². The normalized spacial score (nSPS) is 15.1. The molecule has 0 aromatic heterocycles. The molecule has 0 bridgehead atoms. The average Bonchev–Trinajstić information content (AvgIpc) is 2.97. The fourth-order valence-corrected chi connectivity index (χ4v) is 1.33. The first-order chi connectivity index (χ1) is 7.08. The molecule has 4 heteroatoms. The van der Waals surface area contributed by atoms with Crippen LogP contribution in [0.3, 0.4) is 0 Å². The average molecular weight is 208 g/mol. The minimum atomic E-state index is -0.434. The van der Waals surface area contributed by atoms with Gasteiger partial charge >= 0.3 is 0 Å². The van der Waals surface area contributed by atoms with Gasteiger partial charge in [-0.05, 0) is 31.9 Å². The van der Waals surface area contributed by atoms with Crippen molar-refractivity contribution in [3.8, 4) is 0 Å². The van der Waals surface area contributed by atoms with Gasteiger partial charge in [-0.25, -0.2) is 4.39 Å². The Kier molecular flexibility index (Phi) is 2.34. The van der Waals surface area contributed by atoms with E-state index in [1.54, 1.807) is 6.92 Å². The molecule has 80 valence electrons. The molecule has 1 aromatic carbocycles. The van der Waals surface area contributed by atoms with E-state index in [4.69, 9.17) is 5.73 Å². The van der Waals surface area contributed by atoms with Crippen molar-refractivity contribution in [2.45, 2.75) is 25.8 Å². The highest BCUT2D eigenvalue weighted by molar-refractivity contribution is 5.95. The molecule has 0 spiro atoms. The molecule has 0 unspecified atom stereocenters. The number of hydrogen-bond donors (Lipinski definition) is 2. The van der Waals surface area contributed by atoms with Crippen LogP contribution in [0.4, 0.5) is 10.1 Å². The van der Waals surface area contributed by atoms with Gasteiger partial charge in [-0.2, -0.15) is 0 Å². The predicted octanol–water partition coefficient (Wildman–Crippen LogP) is 1.61. The van der Waals surface area contributed by atoms with Crippen molar-refractivity contribution in [1.29, 1.82) is 0 Å². The van der Waals surface area contributed by atoms with Crippen molar-refractivity contribution in [3.63, 3.8) is 0 Å². The van der Waals surface area contributed by atoms with Crippen molar-refractivity contribution in [3.05, 3.63) is 29.1 Å². The summed E-state index contributed by atoms with van der Waals surface area (Å²) in [6, 6.07) is 3.00. The summed E-state index contributed by atoms with van der Waals surface area (Å²) in [7, 11) is 0. The van der Waals surface area contributed by atoms with Gasteiger partial charge in [0.05, 0.1) is 0 Å². The van der Waals surface area contributed by atoms with E-state index >= 15 is 0 Å². The zero-order valence-corrected chi connectivity index (χ0v) is 8.51. The zero-order valence-electron chi connectivity index (χ0n) is 8.51. The minimum absolute atomic E-state index is 0.247. The summed E-state index contributed by atoms with van der Waals surface area (Å²) in [5, 5.41) is 2.78. The summed E-state index contributed by atoms with van der Waals surface area (Å²) >= 11 is 0. The van der Waals surface area contributed by atoms with E-state index in [9.17, 15) is 9.18 Å². The minimum Gasteiger partial charge on any atom is -0.398 e. The topological polar surface area (TPSA) is 55.1 Å². The Morgan fingerprint density at radius 1 is 1.53 bits per heavy atom. The SMILES string of the molecule is Cc1c(N)cc(C(=O)NC2CC2)cc1F. The third-order valence-electron chi connectivity index (χ3n) is 2.56. The molecular weight excluding hydrogens is 195 g/mol. The van der Waals surface area contributed by atoms with Crippen LogP contribution in [-0.4, -0.2) is 11.9 Å². The molecule has 1 aliphatic carbocycles. The molecule has 0 aliphatic heterocycles. The van der Waals surface area contributed by atoms with Crippen LogP contribution in [0.1, 0.15) is 28.8 Å². The standard InChI is InChI=1S/C11H13FN2O/c1-6-9(12)4-7(5-10(6)13)11(15)14-8-2-3-8/h4-5,8H,2-3,13H2,1H3,(H,14,15).